The van der Waals surface area contributed by atoms with E-state index >= 15 is 0 Å². The van der Waals surface area contributed by atoms with E-state index in [2.05, 4.69) is 6.58 Å². The van der Waals surface area contributed by atoms with Gasteiger partial charge in [0, 0.05) is 0 Å². The molecule has 5 nitrogen and oxygen atoms in total. The number of rotatable bonds is 6. The highest BCUT2D eigenvalue weighted by Gasteiger charge is 2.15. The van der Waals surface area contributed by atoms with Crippen LogP contribution in [0.15, 0.2) is 12.7 Å². The molecule has 0 fully saturated rings. The SMILES string of the molecule is C=CCOC(CO)CS(=O)(=O)O. The van der Waals surface area contributed by atoms with Crippen LogP contribution in [0.1, 0.15) is 0 Å². The van der Waals surface area contributed by atoms with Gasteiger partial charge in [0.05, 0.1) is 19.3 Å². The van der Waals surface area contributed by atoms with Crippen molar-refractivity contribution in [2.45, 2.75) is 6.10 Å². The quantitative estimate of drug-likeness (QED) is 0.439. The van der Waals surface area contributed by atoms with Crippen molar-refractivity contribution in [3.8, 4) is 0 Å². The molecule has 0 aromatic carbocycles. The first-order chi connectivity index (χ1) is 5.49. The predicted molar refractivity (Wildman–Crippen MR) is 43.4 cm³/mol. The van der Waals surface area contributed by atoms with Crippen LogP contribution in [-0.4, -0.2) is 43.1 Å². The van der Waals surface area contributed by atoms with Crippen molar-refractivity contribution < 1.29 is 22.8 Å². The van der Waals surface area contributed by atoms with E-state index < -0.39 is 28.6 Å². The summed E-state index contributed by atoms with van der Waals surface area (Å²) in [5.74, 6) is -0.600. The third-order valence-electron chi connectivity index (χ3n) is 1.05. The highest BCUT2D eigenvalue weighted by atomic mass is 32.2. The summed E-state index contributed by atoms with van der Waals surface area (Å²) >= 11 is 0. The van der Waals surface area contributed by atoms with Gasteiger partial charge < -0.3 is 9.84 Å². The zero-order valence-electron chi connectivity index (χ0n) is 6.51. The highest BCUT2D eigenvalue weighted by molar-refractivity contribution is 7.85. The molecule has 0 radical (unpaired) electrons. The molecular weight excluding hydrogens is 184 g/mol. The molecule has 72 valence electrons. The van der Waals surface area contributed by atoms with E-state index in [0.717, 1.165) is 0 Å². The Bertz CT molecular complexity index is 220. The van der Waals surface area contributed by atoms with Gasteiger partial charge in [0.25, 0.3) is 10.1 Å². The Morgan fingerprint density at radius 1 is 1.58 bits per heavy atom. The number of hydrogen-bond acceptors (Lipinski definition) is 4. The second kappa shape index (κ2) is 5.26. The van der Waals surface area contributed by atoms with Gasteiger partial charge in [-0.25, -0.2) is 0 Å². The molecule has 0 heterocycles. The lowest BCUT2D eigenvalue weighted by molar-refractivity contribution is 0.0424. The Morgan fingerprint density at radius 3 is 2.50 bits per heavy atom. The molecule has 0 aliphatic rings. The second-order valence-electron chi connectivity index (χ2n) is 2.18. The Morgan fingerprint density at radius 2 is 2.17 bits per heavy atom. The molecule has 0 saturated heterocycles. The monoisotopic (exact) mass is 196 g/mol. The van der Waals surface area contributed by atoms with E-state index in [9.17, 15) is 8.42 Å². The zero-order valence-corrected chi connectivity index (χ0v) is 7.33. The first-order valence-corrected chi connectivity index (χ1v) is 4.89. The van der Waals surface area contributed by atoms with Crippen molar-refractivity contribution in [3.05, 3.63) is 12.7 Å². The fourth-order valence-electron chi connectivity index (χ4n) is 0.593. The lowest BCUT2D eigenvalue weighted by Crippen LogP contribution is -2.27. The molecule has 0 aromatic heterocycles. The van der Waals surface area contributed by atoms with Crippen molar-refractivity contribution in [1.29, 1.82) is 0 Å². The fraction of sp³-hybridized carbons (Fsp3) is 0.667. The molecule has 0 saturated carbocycles. The second-order valence-corrected chi connectivity index (χ2v) is 3.67. The summed E-state index contributed by atoms with van der Waals surface area (Å²) in [7, 11) is -4.09. The summed E-state index contributed by atoms with van der Waals surface area (Å²) in [6.45, 7) is 3.03. The first-order valence-electron chi connectivity index (χ1n) is 3.28. The van der Waals surface area contributed by atoms with Crippen molar-refractivity contribution in [2.24, 2.45) is 0 Å². The van der Waals surface area contributed by atoms with Gasteiger partial charge in [-0.05, 0) is 0 Å². The standard InChI is InChI=1S/C6H12O5S/c1-2-3-11-6(4-7)5-12(8,9)10/h2,6-7H,1,3-5H2,(H,8,9,10). The summed E-state index contributed by atoms with van der Waals surface area (Å²) < 4.78 is 33.8. The van der Waals surface area contributed by atoms with Gasteiger partial charge in [-0.2, -0.15) is 8.42 Å². The van der Waals surface area contributed by atoms with Gasteiger partial charge >= 0.3 is 0 Å². The van der Waals surface area contributed by atoms with Gasteiger partial charge in [0.2, 0.25) is 0 Å². The smallest absolute Gasteiger partial charge is 0.267 e. The number of hydrogen-bond donors (Lipinski definition) is 2. The van der Waals surface area contributed by atoms with Crippen LogP contribution in [0.3, 0.4) is 0 Å². The molecule has 6 heteroatoms. The van der Waals surface area contributed by atoms with Crippen molar-refractivity contribution >= 4 is 10.1 Å². The summed E-state index contributed by atoms with van der Waals surface area (Å²) in [6, 6.07) is 0. The Labute approximate surface area is 71.4 Å². The average Bonchev–Trinajstić information content (AvgIpc) is 1.95. The minimum absolute atomic E-state index is 0.140. The highest BCUT2D eigenvalue weighted by Crippen LogP contribution is 1.95. The van der Waals surface area contributed by atoms with E-state index in [-0.39, 0.29) is 6.61 Å². The topological polar surface area (TPSA) is 83.8 Å². The zero-order chi connectivity index (χ0) is 9.61. The fourth-order valence-corrected chi connectivity index (χ4v) is 1.26. The van der Waals surface area contributed by atoms with Gasteiger partial charge in [0.15, 0.2) is 0 Å². The maximum atomic E-state index is 10.3. The Balaban J connectivity index is 3.91. The van der Waals surface area contributed by atoms with E-state index in [1.807, 2.05) is 0 Å². The van der Waals surface area contributed by atoms with Crippen LogP contribution in [0.4, 0.5) is 0 Å². The molecule has 0 aliphatic heterocycles. The predicted octanol–water partition coefficient (Wildman–Crippen LogP) is -0.562. The molecule has 2 N–H and O–H groups in total. The molecule has 0 aromatic rings. The Kier molecular flexibility index (Phi) is 5.07. The molecule has 0 aliphatic carbocycles. The lowest BCUT2D eigenvalue weighted by Gasteiger charge is -2.11. The number of aliphatic hydroxyl groups excluding tert-OH is 1. The van der Waals surface area contributed by atoms with Crippen LogP contribution in [-0.2, 0) is 14.9 Å². The van der Waals surface area contributed by atoms with E-state index in [0.29, 0.717) is 0 Å². The third-order valence-corrected chi connectivity index (χ3v) is 1.84. The third kappa shape index (κ3) is 6.29. The van der Waals surface area contributed by atoms with Crippen LogP contribution in [0.5, 0.6) is 0 Å². The Hall–Kier alpha value is -0.430. The minimum Gasteiger partial charge on any atom is -0.394 e. The summed E-state index contributed by atoms with van der Waals surface area (Å²) in [4.78, 5) is 0. The molecule has 1 unspecified atom stereocenters. The largest absolute Gasteiger partial charge is 0.394 e. The average molecular weight is 196 g/mol. The lowest BCUT2D eigenvalue weighted by atomic mass is 10.4. The van der Waals surface area contributed by atoms with E-state index in [1.54, 1.807) is 0 Å². The summed E-state index contributed by atoms with van der Waals surface area (Å²) in [5, 5.41) is 8.58. The van der Waals surface area contributed by atoms with E-state index in [1.165, 1.54) is 6.08 Å². The van der Waals surface area contributed by atoms with Crippen LogP contribution < -0.4 is 0 Å². The van der Waals surface area contributed by atoms with Crippen molar-refractivity contribution in [2.75, 3.05) is 19.0 Å². The van der Waals surface area contributed by atoms with Crippen LogP contribution in [0.25, 0.3) is 0 Å². The molecule has 0 amide bonds. The normalized spacial score (nSPS) is 14.2. The van der Waals surface area contributed by atoms with Crippen molar-refractivity contribution in [1.82, 2.24) is 0 Å². The molecular formula is C6H12O5S. The van der Waals surface area contributed by atoms with Crippen LogP contribution in [0, 0.1) is 0 Å². The molecule has 12 heavy (non-hydrogen) atoms. The molecule has 0 bridgehead atoms. The molecule has 1 atom stereocenters. The maximum absolute atomic E-state index is 10.3. The number of ether oxygens (including phenoxy) is 1. The molecule has 0 rings (SSSR count). The maximum Gasteiger partial charge on any atom is 0.267 e. The van der Waals surface area contributed by atoms with Gasteiger partial charge in [-0.15, -0.1) is 6.58 Å². The summed E-state index contributed by atoms with van der Waals surface area (Å²) in [6.07, 6.45) is 0.533. The minimum atomic E-state index is -4.09. The van der Waals surface area contributed by atoms with Gasteiger partial charge in [-0.1, -0.05) is 6.08 Å². The summed E-state index contributed by atoms with van der Waals surface area (Å²) in [5.41, 5.74) is 0. The number of aliphatic hydroxyl groups is 1. The van der Waals surface area contributed by atoms with Crippen molar-refractivity contribution in [3.63, 3.8) is 0 Å². The van der Waals surface area contributed by atoms with Gasteiger partial charge in [0.1, 0.15) is 5.75 Å². The van der Waals surface area contributed by atoms with Crippen LogP contribution in [0.2, 0.25) is 0 Å². The molecule has 0 spiro atoms. The van der Waals surface area contributed by atoms with E-state index in [4.69, 9.17) is 14.4 Å². The van der Waals surface area contributed by atoms with Gasteiger partial charge in [-0.3, -0.25) is 4.55 Å². The first kappa shape index (κ1) is 11.6. The van der Waals surface area contributed by atoms with Crippen LogP contribution >= 0.6 is 0 Å².